The van der Waals surface area contributed by atoms with Crippen molar-refractivity contribution >= 4 is 28.0 Å². The lowest BCUT2D eigenvalue weighted by atomic mass is 9.81. The quantitative estimate of drug-likeness (QED) is 0.537. The maximum atomic E-state index is 12.6. The maximum Gasteiger partial charge on any atom is 0.306 e. The molecule has 86 valence electrons. The third-order valence-corrected chi connectivity index (χ3v) is 4.91. The predicted molar refractivity (Wildman–Crippen MR) is 53.8 cm³/mol. The topological polar surface area (TPSA) is 60.4 Å². The zero-order valence-electron chi connectivity index (χ0n) is 7.94. The maximum absolute atomic E-state index is 12.6. The van der Waals surface area contributed by atoms with Crippen molar-refractivity contribution in [1.29, 1.82) is 0 Å². The molecule has 4 nitrogen and oxygen atoms in total. The summed E-state index contributed by atoms with van der Waals surface area (Å²) in [4.78, 5) is 11.2. The van der Waals surface area contributed by atoms with Crippen LogP contribution < -0.4 is 0 Å². The monoisotopic (exact) mass is 254 g/mol. The van der Waals surface area contributed by atoms with Crippen LogP contribution in [-0.2, 0) is 19.8 Å². The van der Waals surface area contributed by atoms with E-state index in [4.69, 9.17) is 4.74 Å². The SMILES string of the molecule is O=C1CC2(CCSC2)C(CS(=O)(=O)F)O1. The van der Waals surface area contributed by atoms with E-state index in [1.807, 2.05) is 0 Å². The van der Waals surface area contributed by atoms with Gasteiger partial charge in [0.05, 0.1) is 6.42 Å². The van der Waals surface area contributed by atoms with Crippen LogP contribution in [0.4, 0.5) is 3.89 Å². The minimum atomic E-state index is -4.58. The fourth-order valence-electron chi connectivity index (χ4n) is 2.13. The number of thioether (sulfide) groups is 1. The summed E-state index contributed by atoms with van der Waals surface area (Å²) < 4.78 is 38.6. The summed E-state index contributed by atoms with van der Waals surface area (Å²) in [6.07, 6.45) is 0.152. The Labute approximate surface area is 91.8 Å². The number of cyclic esters (lactones) is 1. The lowest BCUT2D eigenvalue weighted by Gasteiger charge is -2.25. The highest BCUT2D eigenvalue weighted by atomic mass is 32.3. The van der Waals surface area contributed by atoms with Crippen LogP contribution >= 0.6 is 11.8 Å². The number of carbonyl (C=O) groups excluding carboxylic acids is 1. The largest absolute Gasteiger partial charge is 0.461 e. The van der Waals surface area contributed by atoms with Gasteiger partial charge in [0.15, 0.2) is 0 Å². The molecule has 0 N–H and O–H groups in total. The van der Waals surface area contributed by atoms with Gasteiger partial charge in [0.25, 0.3) is 0 Å². The van der Waals surface area contributed by atoms with E-state index in [2.05, 4.69) is 0 Å². The Balaban J connectivity index is 2.19. The molecule has 1 spiro atoms. The number of ether oxygens (including phenoxy) is 1. The molecule has 2 saturated heterocycles. The number of hydrogen-bond donors (Lipinski definition) is 0. The molecule has 2 rings (SSSR count). The Morgan fingerprint density at radius 2 is 2.33 bits per heavy atom. The first kappa shape index (κ1) is 11.2. The first-order valence-electron chi connectivity index (χ1n) is 4.61. The lowest BCUT2D eigenvalue weighted by Crippen LogP contribution is -2.35. The van der Waals surface area contributed by atoms with Crippen LogP contribution in [0, 0.1) is 5.41 Å². The van der Waals surface area contributed by atoms with Crippen molar-refractivity contribution in [2.75, 3.05) is 17.3 Å². The fourth-order valence-corrected chi connectivity index (χ4v) is 4.45. The molecule has 0 radical (unpaired) electrons. The van der Waals surface area contributed by atoms with E-state index in [9.17, 15) is 17.1 Å². The second-order valence-corrected chi connectivity index (χ2v) is 6.54. The number of esters is 1. The van der Waals surface area contributed by atoms with E-state index in [0.717, 1.165) is 12.2 Å². The Hall–Kier alpha value is -0.300. The fraction of sp³-hybridized carbons (Fsp3) is 0.875. The number of carbonyl (C=O) groups is 1. The molecule has 2 aliphatic heterocycles. The van der Waals surface area contributed by atoms with Gasteiger partial charge in [-0.2, -0.15) is 20.2 Å². The van der Waals surface area contributed by atoms with Gasteiger partial charge in [-0.1, -0.05) is 0 Å². The van der Waals surface area contributed by atoms with Crippen LogP contribution in [0.1, 0.15) is 12.8 Å². The average Bonchev–Trinajstić information content (AvgIpc) is 2.59. The summed E-state index contributed by atoms with van der Waals surface area (Å²) in [5.74, 6) is 0.448. The first-order chi connectivity index (χ1) is 6.91. The van der Waals surface area contributed by atoms with Gasteiger partial charge in [0.2, 0.25) is 0 Å². The van der Waals surface area contributed by atoms with Crippen LogP contribution in [0.2, 0.25) is 0 Å². The molecule has 2 atom stereocenters. The highest BCUT2D eigenvalue weighted by Gasteiger charge is 2.52. The second kappa shape index (κ2) is 3.62. The van der Waals surface area contributed by atoms with Gasteiger partial charge in [-0.25, -0.2) is 0 Å². The molecular formula is C8H11FO4S2. The Morgan fingerprint density at radius 3 is 2.87 bits per heavy atom. The third kappa shape index (κ3) is 2.28. The van der Waals surface area contributed by atoms with Gasteiger partial charge in [-0.3, -0.25) is 4.79 Å². The van der Waals surface area contributed by atoms with Crippen LogP contribution in [0.5, 0.6) is 0 Å². The Morgan fingerprint density at radius 1 is 1.60 bits per heavy atom. The molecule has 0 amide bonds. The van der Waals surface area contributed by atoms with Crippen LogP contribution in [0.25, 0.3) is 0 Å². The van der Waals surface area contributed by atoms with Crippen molar-refractivity contribution in [3.63, 3.8) is 0 Å². The van der Waals surface area contributed by atoms with E-state index >= 15 is 0 Å². The molecule has 0 saturated carbocycles. The molecule has 2 fully saturated rings. The van der Waals surface area contributed by atoms with E-state index in [1.165, 1.54) is 0 Å². The van der Waals surface area contributed by atoms with Crippen molar-refractivity contribution in [3.8, 4) is 0 Å². The lowest BCUT2D eigenvalue weighted by molar-refractivity contribution is -0.140. The van der Waals surface area contributed by atoms with Crippen molar-refractivity contribution in [2.24, 2.45) is 5.41 Å². The van der Waals surface area contributed by atoms with E-state index in [-0.39, 0.29) is 6.42 Å². The molecular weight excluding hydrogens is 243 g/mol. The average molecular weight is 254 g/mol. The zero-order chi connectivity index (χ0) is 11.1. The standard InChI is InChI=1S/C8H11FO4S2/c9-15(11,12)4-6-8(1-2-14-5-8)3-7(10)13-6/h6H,1-5H2. The van der Waals surface area contributed by atoms with Crippen molar-refractivity contribution in [2.45, 2.75) is 18.9 Å². The summed E-state index contributed by atoms with van der Waals surface area (Å²) in [6, 6.07) is 0. The molecule has 0 aromatic rings. The third-order valence-electron chi connectivity index (χ3n) is 2.94. The molecule has 2 unspecified atom stereocenters. The summed E-state index contributed by atoms with van der Waals surface area (Å²) >= 11 is 1.65. The molecule has 15 heavy (non-hydrogen) atoms. The smallest absolute Gasteiger partial charge is 0.306 e. The van der Waals surface area contributed by atoms with Crippen molar-refractivity contribution in [3.05, 3.63) is 0 Å². The summed E-state index contributed by atoms with van der Waals surface area (Å²) in [7, 11) is -4.58. The van der Waals surface area contributed by atoms with E-state index in [1.54, 1.807) is 11.8 Å². The van der Waals surface area contributed by atoms with Crippen LogP contribution in [0.3, 0.4) is 0 Å². The molecule has 2 aliphatic rings. The minimum Gasteiger partial charge on any atom is -0.461 e. The van der Waals surface area contributed by atoms with Gasteiger partial charge in [0.1, 0.15) is 11.9 Å². The normalized spacial score (nSPS) is 36.1. The van der Waals surface area contributed by atoms with Crippen molar-refractivity contribution < 1.29 is 21.8 Å². The van der Waals surface area contributed by atoms with Crippen molar-refractivity contribution in [1.82, 2.24) is 0 Å². The number of hydrogen-bond acceptors (Lipinski definition) is 5. The molecule has 0 aliphatic carbocycles. The molecule has 0 bridgehead atoms. The zero-order valence-corrected chi connectivity index (χ0v) is 9.57. The summed E-state index contributed by atoms with van der Waals surface area (Å²) in [5.41, 5.74) is -0.444. The van der Waals surface area contributed by atoms with Crippen LogP contribution in [-0.4, -0.2) is 37.7 Å². The summed E-state index contributed by atoms with van der Waals surface area (Å²) in [6.45, 7) is 0. The minimum absolute atomic E-state index is 0.222. The van der Waals surface area contributed by atoms with E-state index in [0.29, 0.717) is 5.75 Å². The second-order valence-electron chi connectivity index (χ2n) is 4.03. The number of halogens is 1. The first-order valence-corrected chi connectivity index (χ1v) is 7.32. The number of rotatable bonds is 2. The Bertz CT molecular complexity index is 372. The highest BCUT2D eigenvalue weighted by molar-refractivity contribution is 7.99. The summed E-state index contributed by atoms with van der Waals surface area (Å²) in [5, 5.41) is 0. The Kier molecular flexibility index (Phi) is 2.70. The van der Waals surface area contributed by atoms with Crippen LogP contribution in [0.15, 0.2) is 0 Å². The molecule has 0 aromatic carbocycles. The van der Waals surface area contributed by atoms with E-state index < -0.39 is 33.5 Å². The van der Waals surface area contributed by atoms with Gasteiger partial charge in [-0.05, 0) is 12.2 Å². The van der Waals surface area contributed by atoms with Gasteiger partial charge in [0, 0.05) is 11.2 Å². The molecule has 2 heterocycles. The molecule has 0 aromatic heterocycles. The van der Waals surface area contributed by atoms with Gasteiger partial charge < -0.3 is 4.74 Å². The van der Waals surface area contributed by atoms with Gasteiger partial charge >= 0.3 is 16.2 Å². The van der Waals surface area contributed by atoms with Gasteiger partial charge in [-0.15, -0.1) is 3.89 Å². The highest BCUT2D eigenvalue weighted by Crippen LogP contribution is 2.47. The predicted octanol–water partition coefficient (Wildman–Crippen LogP) is 0.725. The molecule has 7 heteroatoms.